The van der Waals surface area contributed by atoms with Gasteiger partial charge in [-0.15, -0.1) is 0 Å². The van der Waals surface area contributed by atoms with Gasteiger partial charge >= 0.3 is 0 Å². The number of carbonyl (C=O) groups is 1. The van der Waals surface area contributed by atoms with Crippen molar-refractivity contribution in [3.05, 3.63) is 87.9 Å². The lowest BCUT2D eigenvalue weighted by Crippen LogP contribution is -2.32. The summed E-state index contributed by atoms with van der Waals surface area (Å²) in [4.78, 5) is 14.5. The number of hydrogen-bond acceptors (Lipinski definition) is 3. The highest BCUT2D eigenvalue weighted by Gasteiger charge is 2.21. The predicted octanol–water partition coefficient (Wildman–Crippen LogP) is 7.76. The Balaban J connectivity index is 1.33. The summed E-state index contributed by atoms with van der Waals surface area (Å²) in [6.07, 6.45) is 2.19. The number of rotatable bonds is 7. The van der Waals surface area contributed by atoms with Crippen LogP contribution in [0.5, 0.6) is 11.5 Å². The molecule has 1 aliphatic rings. The van der Waals surface area contributed by atoms with Crippen molar-refractivity contribution >= 4 is 34.8 Å². The first-order valence-corrected chi connectivity index (χ1v) is 12.5. The molecule has 0 unspecified atom stereocenters. The number of amides is 1. The van der Waals surface area contributed by atoms with Crippen molar-refractivity contribution in [2.75, 3.05) is 18.4 Å². The van der Waals surface area contributed by atoms with Crippen LogP contribution in [0.3, 0.4) is 0 Å². The first-order chi connectivity index (χ1) is 16.4. The fraction of sp³-hybridized carbons (Fsp3) is 0.321. The molecule has 178 valence electrons. The Labute approximate surface area is 211 Å². The number of piperidine rings is 1. The van der Waals surface area contributed by atoms with Gasteiger partial charge in [-0.1, -0.05) is 61.3 Å². The topological polar surface area (TPSA) is 41.6 Å². The Kier molecular flexibility index (Phi) is 8.15. The number of ether oxygens (including phenoxy) is 1. The van der Waals surface area contributed by atoms with E-state index in [2.05, 4.69) is 34.5 Å². The van der Waals surface area contributed by atoms with Gasteiger partial charge in [-0.2, -0.15) is 0 Å². The summed E-state index contributed by atoms with van der Waals surface area (Å²) in [5, 5.41) is 4.12. The molecule has 0 aromatic heterocycles. The summed E-state index contributed by atoms with van der Waals surface area (Å²) < 4.78 is 5.98. The van der Waals surface area contributed by atoms with E-state index in [1.165, 1.54) is 11.1 Å². The summed E-state index contributed by atoms with van der Waals surface area (Å²) >= 11 is 12.2. The van der Waals surface area contributed by atoms with E-state index in [1.807, 2.05) is 38.1 Å². The van der Waals surface area contributed by atoms with Crippen molar-refractivity contribution in [1.29, 1.82) is 0 Å². The van der Waals surface area contributed by atoms with E-state index < -0.39 is 0 Å². The average molecular weight is 497 g/mol. The van der Waals surface area contributed by atoms with Gasteiger partial charge in [0.15, 0.2) is 0 Å². The molecule has 0 saturated carbocycles. The van der Waals surface area contributed by atoms with E-state index in [-0.39, 0.29) is 11.8 Å². The Bertz CT molecular complexity index is 1120. The van der Waals surface area contributed by atoms with Crippen molar-refractivity contribution in [2.45, 2.75) is 39.2 Å². The lowest BCUT2D eigenvalue weighted by Gasteiger charge is -2.32. The monoisotopic (exact) mass is 496 g/mol. The smallest absolute Gasteiger partial charge is 0.226 e. The van der Waals surface area contributed by atoms with Crippen LogP contribution in [0.2, 0.25) is 10.0 Å². The molecule has 0 aliphatic carbocycles. The van der Waals surface area contributed by atoms with Gasteiger partial charge in [0.2, 0.25) is 5.91 Å². The summed E-state index contributed by atoms with van der Waals surface area (Å²) in [5.74, 6) is 1.93. The number of likely N-dealkylation sites (tertiary alicyclic amines) is 1. The van der Waals surface area contributed by atoms with Gasteiger partial charge in [-0.05, 0) is 85.4 Å². The third kappa shape index (κ3) is 6.75. The van der Waals surface area contributed by atoms with Crippen LogP contribution in [0.25, 0.3) is 0 Å². The second-order valence-corrected chi connectivity index (χ2v) is 10.0. The SMILES string of the molecule is CC(C)C(=O)Nc1cccc(C2CCN(Cc3cccc(Oc4cc(Cl)cc(Cl)c4)c3)CC2)c1. The fourth-order valence-corrected chi connectivity index (χ4v) is 4.78. The van der Waals surface area contributed by atoms with E-state index in [1.54, 1.807) is 18.2 Å². The zero-order valence-electron chi connectivity index (χ0n) is 19.6. The molecular weight excluding hydrogens is 467 g/mol. The number of hydrogen-bond donors (Lipinski definition) is 1. The molecule has 0 bridgehead atoms. The van der Waals surface area contributed by atoms with Crippen LogP contribution in [0.1, 0.15) is 43.7 Å². The standard InChI is InChI=1S/C28H30Cl2N2O2/c1-19(2)28(33)31-25-7-4-6-22(14-25)21-9-11-32(12-10-21)18-20-5-3-8-26(13-20)34-27-16-23(29)15-24(30)17-27/h3-8,13-17,19,21H,9-12,18H2,1-2H3,(H,31,33). The van der Waals surface area contributed by atoms with Crippen molar-refractivity contribution < 1.29 is 9.53 Å². The number of halogens is 2. The number of benzene rings is 3. The molecule has 0 spiro atoms. The quantitative estimate of drug-likeness (QED) is 0.363. The van der Waals surface area contributed by atoms with Crippen molar-refractivity contribution in [3.63, 3.8) is 0 Å². The Morgan fingerprint density at radius 1 is 0.971 bits per heavy atom. The highest BCUT2D eigenvalue weighted by molar-refractivity contribution is 6.34. The second-order valence-electron chi connectivity index (χ2n) is 9.17. The fourth-order valence-electron chi connectivity index (χ4n) is 4.27. The van der Waals surface area contributed by atoms with Gasteiger partial charge in [0, 0.05) is 28.2 Å². The molecule has 6 heteroatoms. The van der Waals surface area contributed by atoms with Crippen molar-refractivity contribution in [1.82, 2.24) is 4.90 Å². The molecule has 1 N–H and O–H groups in total. The highest BCUT2D eigenvalue weighted by Crippen LogP contribution is 2.32. The van der Waals surface area contributed by atoms with Gasteiger partial charge < -0.3 is 10.1 Å². The second kappa shape index (κ2) is 11.3. The number of anilines is 1. The van der Waals surface area contributed by atoms with Crippen molar-refractivity contribution in [3.8, 4) is 11.5 Å². The van der Waals surface area contributed by atoms with E-state index in [9.17, 15) is 4.79 Å². The minimum absolute atomic E-state index is 0.0286. The molecule has 1 aliphatic heterocycles. The zero-order valence-corrected chi connectivity index (χ0v) is 21.1. The van der Waals surface area contributed by atoms with Crippen LogP contribution in [0.15, 0.2) is 66.7 Å². The molecule has 4 nitrogen and oxygen atoms in total. The molecule has 0 atom stereocenters. The Morgan fingerprint density at radius 3 is 2.38 bits per heavy atom. The van der Waals surface area contributed by atoms with Gasteiger partial charge in [0.05, 0.1) is 0 Å². The van der Waals surface area contributed by atoms with Crippen LogP contribution < -0.4 is 10.1 Å². The molecule has 1 fully saturated rings. The molecule has 0 radical (unpaired) electrons. The van der Waals surface area contributed by atoms with Crippen LogP contribution >= 0.6 is 23.2 Å². The molecule has 1 amide bonds. The molecule has 3 aromatic rings. The number of nitrogens with zero attached hydrogens (tertiary/aromatic N) is 1. The van der Waals surface area contributed by atoms with E-state index in [4.69, 9.17) is 27.9 Å². The minimum Gasteiger partial charge on any atom is -0.457 e. The lowest BCUT2D eigenvalue weighted by atomic mass is 9.89. The highest BCUT2D eigenvalue weighted by atomic mass is 35.5. The van der Waals surface area contributed by atoms with Gasteiger partial charge in [0.25, 0.3) is 0 Å². The van der Waals surface area contributed by atoms with Gasteiger partial charge in [-0.3, -0.25) is 9.69 Å². The summed E-state index contributed by atoms with van der Waals surface area (Å²) in [7, 11) is 0. The van der Waals surface area contributed by atoms with E-state index in [0.717, 1.165) is 43.9 Å². The van der Waals surface area contributed by atoms with Crippen LogP contribution in [-0.2, 0) is 11.3 Å². The lowest BCUT2D eigenvalue weighted by molar-refractivity contribution is -0.118. The Hall–Kier alpha value is -2.53. The maximum Gasteiger partial charge on any atom is 0.226 e. The van der Waals surface area contributed by atoms with Gasteiger partial charge in [-0.25, -0.2) is 0 Å². The summed E-state index contributed by atoms with van der Waals surface area (Å²) in [6, 6.07) is 21.7. The third-order valence-electron chi connectivity index (χ3n) is 6.11. The van der Waals surface area contributed by atoms with Gasteiger partial charge in [0.1, 0.15) is 11.5 Å². The first-order valence-electron chi connectivity index (χ1n) is 11.7. The molecule has 1 saturated heterocycles. The molecule has 4 rings (SSSR count). The maximum atomic E-state index is 12.0. The zero-order chi connectivity index (χ0) is 24.1. The molecular formula is C28H30Cl2N2O2. The number of carbonyl (C=O) groups excluding carboxylic acids is 1. The first kappa shape index (κ1) is 24.6. The Morgan fingerprint density at radius 2 is 1.68 bits per heavy atom. The molecule has 3 aromatic carbocycles. The summed E-state index contributed by atoms with van der Waals surface area (Å²) in [6.45, 7) is 6.75. The maximum absolute atomic E-state index is 12.0. The molecule has 1 heterocycles. The largest absolute Gasteiger partial charge is 0.457 e. The van der Waals surface area contributed by atoms with Crippen LogP contribution in [0, 0.1) is 5.92 Å². The summed E-state index contributed by atoms with van der Waals surface area (Å²) in [5.41, 5.74) is 3.40. The van der Waals surface area contributed by atoms with E-state index >= 15 is 0 Å². The average Bonchev–Trinajstić information content (AvgIpc) is 2.79. The van der Waals surface area contributed by atoms with Crippen molar-refractivity contribution in [2.24, 2.45) is 5.92 Å². The van der Waals surface area contributed by atoms with Crippen LogP contribution in [-0.4, -0.2) is 23.9 Å². The van der Waals surface area contributed by atoms with E-state index in [0.29, 0.717) is 21.7 Å². The predicted molar refractivity (Wildman–Crippen MR) is 140 cm³/mol. The van der Waals surface area contributed by atoms with Crippen LogP contribution in [0.4, 0.5) is 5.69 Å². The molecule has 34 heavy (non-hydrogen) atoms. The normalized spacial score (nSPS) is 14.9. The number of nitrogens with one attached hydrogen (secondary N) is 1. The third-order valence-corrected chi connectivity index (χ3v) is 6.55. The minimum atomic E-state index is -0.0286.